The molecule has 0 unspecified atom stereocenters. The molecule has 1 atom stereocenters. The Morgan fingerprint density at radius 3 is 3.04 bits per heavy atom. The van der Waals surface area contributed by atoms with Crippen molar-refractivity contribution in [3.63, 3.8) is 0 Å². The van der Waals surface area contributed by atoms with Crippen LogP contribution in [0, 0.1) is 5.82 Å². The topological polar surface area (TPSA) is 69.8 Å². The van der Waals surface area contributed by atoms with Crippen LogP contribution in [-0.2, 0) is 6.42 Å². The molecule has 0 saturated carbocycles. The molecule has 146 valence electrons. The maximum Gasteiger partial charge on any atom is 0.251 e. The first-order valence-electron chi connectivity index (χ1n) is 9.92. The highest BCUT2D eigenvalue weighted by atomic mass is 19.1. The Morgan fingerprint density at radius 2 is 2.18 bits per heavy atom. The lowest BCUT2D eigenvalue weighted by Gasteiger charge is -2.23. The number of halogens is 1. The fraction of sp³-hybridized carbons (Fsp3) is 0.364. The molecule has 2 aromatic carbocycles. The molecule has 0 radical (unpaired) electrons. The number of aromatic amines is 1. The molecule has 1 saturated heterocycles. The van der Waals surface area contributed by atoms with Crippen molar-refractivity contribution in [2.45, 2.75) is 31.6 Å². The Hall–Kier alpha value is -2.73. The number of aromatic nitrogens is 2. The van der Waals surface area contributed by atoms with Crippen molar-refractivity contribution in [3.05, 3.63) is 65.2 Å². The third kappa shape index (κ3) is 4.39. The Balaban J connectivity index is 1.29. The van der Waals surface area contributed by atoms with Crippen LogP contribution in [-0.4, -0.2) is 35.5 Å². The van der Waals surface area contributed by atoms with E-state index in [4.69, 9.17) is 0 Å². The number of fused-ring (bicyclic) bond motifs is 1. The summed E-state index contributed by atoms with van der Waals surface area (Å²) in [5, 5.41) is 6.41. The Bertz CT molecular complexity index is 962. The average molecular weight is 380 g/mol. The van der Waals surface area contributed by atoms with E-state index in [1.54, 1.807) is 6.07 Å². The number of nitrogens with one attached hydrogen (secondary N) is 3. The van der Waals surface area contributed by atoms with Crippen LogP contribution in [0.2, 0.25) is 0 Å². The standard InChI is InChI=1S/C22H25FN4O/c23-18-8-9-19-20(13-18)27-21(26-19)7-3-11-25-22(28)16-5-1-4-15(12-16)17-6-2-10-24-14-17/h1,4-5,8-9,12-13,17,24H,2-3,6-7,10-11,14H2,(H,25,28)(H,26,27)/t17-/m1/s1. The number of benzene rings is 2. The van der Waals surface area contributed by atoms with Crippen molar-refractivity contribution in [2.75, 3.05) is 19.6 Å². The minimum Gasteiger partial charge on any atom is -0.352 e. The normalized spacial score (nSPS) is 17.0. The third-order valence-corrected chi connectivity index (χ3v) is 5.29. The number of nitrogens with zero attached hydrogens (tertiary/aromatic N) is 1. The summed E-state index contributed by atoms with van der Waals surface area (Å²) in [4.78, 5) is 20.1. The monoisotopic (exact) mass is 380 g/mol. The SMILES string of the molecule is O=C(NCCCc1nc2ccc(F)cc2[nH]1)c1cccc([C@@H]2CCCNC2)c1. The van der Waals surface area contributed by atoms with Gasteiger partial charge in [0.1, 0.15) is 11.6 Å². The van der Waals surface area contributed by atoms with Gasteiger partial charge in [0.2, 0.25) is 0 Å². The predicted octanol–water partition coefficient (Wildman–Crippen LogP) is 3.53. The van der Waals surface area contributed by atoms with Crippen LogP contribution in [0.4, 0.5) is 4.39 Å². The second-order valence-electron chi connectivity index (χ2n) is 7.37. The molecule has 6 heteroatoms. The number of rotatable bonds is 6. The molecule has 0 bridgehead atoms. The summed E-state index contributed by atoms with van der Waals surface area (Å²) < 4.78 is 13.3. The van der Waals surface area contributed by atoms with Gasteiger partial charge < -0.3 is 15.6 Å². The van der Waals surface area contributed by atoms with Gasteiger partial charge in [-0.25, -0.2) is 9.37 Å². The number of amides is 1. The second-order valence-corrected chi connectivity index (χ2v) is 7.37. The molecule has 1 aliphatic heterocycles. The smallest absolute Gasteiger partial charge is 0.251 e. The zero-order valence-corrected chi connectivity index (χ0v) is 15.8. The first kappa shape index (κ1) is 18.6. The minimum atomic E-state index is -0.277. The lowest BCUT2D eigenvalue weighted by Crippen LogP contribution is -2.29. The first-order valence-corrected chi connectivity index (χ1v) is 9.92. The van der Waals surface area contributed by atoms with Gasteiger partial charge in [-0.1, -0.05) is 12.1 Å². The molecule has 28 heavy (non-hydrogen) atoms. The van der Waals surface area contributed by atoms with E-state index in [1.807, 2.05) is 18.2 Å². The average Bonchev–Trinajstić information content (AvgIpc) is 3.13. The van der Waals surface area contributed by atoms with Crippen molar-refractivity contribution < 1.29 is 9.18 Å². The van der Waals surface area contributed by atoms with Gasteiger partial charge in [-0.2, -0.15) is 0 Å². The highest BCUT2D eigenvalue weighted by Crippen LogP contribution is 2.23. The lowest BCUT2D eigenvalue weighted by molar-refractivity contribution is 0.0953. The largest absolute Gasteiger partial charge is 0.352 e. The molecular weight excluding hydrogens is 355 g/mol. The van der Waals surface area contributed by atoms with Gasteiger partial charge in [0.25, 0.3) is 5.91 Å². The van der Waals surface area contributed by atoms with Gasteiger partial charge in [-0.05, 0) is 67.6 Å². The van der Waals surface area contributed by atoms with E-state index in [2.05, 4.69) is 26.7 Å². The van der Waals surface area contributed by atoms with E-state index in [0.717, 1.165) is 30.9 Å². The maximum atomic E-state index is 13.3. The molecule has 1 fully saturated rings. The van der Waals surface area contributed by atoms with E-state index in [1.165, 1.54) is 30.5 Å². The molecule has 1 amide bonds. The minimum absolute atomic E-state index is 0.0442. The number of aryl methyl sites for hydroxylation is 1. The zero-order chi connectivity index (χ0) is 19.3. The van der Waals surface area contributed by atoms with Gasteiger partial charge in [0.15, 0.2) is 0 Å². The number of hydrogen-bond acceptors (Lipinski definition) is 3. The molecule has 4 rings (SSSR count). The van der Waals surface area contributed by atoms with Crippen molar-refractivity contribution in [1.29, 1.82) is 0 Å². The summed E-state index contributed by atoms with van der Waals surface area (Å²) in [6.07, 6.45) is 3.81. The van der Waals surface area contributed by atoms with Crippen LogP contribution in [0.3, 0.4) is 0 Å². The fourth-order valence-electron chi connectivity index (χ4n) is 3.78. The summed E-state index contributed by atoms with van der Waals surface area (Å²) >= 11 is 0. The number of carbonyl (C=O) groups excluding carboxylic acids is 1. The molecule has 2 heterocycles. The van der Waals surface area contributed by atoms with Gasteiger partial charge in [-0.3, -0.25) is 4.79 Å². The Labute approximate surface area is 163 Å². The Morgan fingerprint density at radius 1 is 1.25 bits per heavy atom. The van der Waals surface area contributed by atoms with Gasteiger partial charge in [0, 0.05) is 25.1 Å². The van der Waals surface area contributed by atoms with Crippen molar-refractivity contribution in [2.24, 2.45) is 0 Å². The van der Waals surface area contributed by atoms with E-state index >= 15 is 0 Å². The van der Waals surface area contributed by atoms with E-state index in [0.29, 0.717) is 30.0 Å². The summed E-state index contributed by atoms with van der Waals surface area (Å²) in [5.41, 5.74) is 3.40. The highest BCUT2D eigenvalue weighted by molar-refractivity contribution is 5.94. The molecule has 5 nitrogen and oxygen atoms in total. The van der Waals surface area contributed by atoms with Crippen molar-refractivity contribution in [3.8, 4) is 0 Å². The van der Waals surface area contributed by atoms with Crippen LogP contribution in [0.1, 0.15) is 46.9 Å². The number of carbonyl (C=O) groups is 1. The molecule has 0 spiro atoms. The predicted molar refractivity (Wildman–Crippen MR) is 108 cm³/mol. The van der Waals surface area contributed by atoms with E-state index < -0.39 is 0 Å². The van der Waals surface area contributed by atoms with Crippen LogP contribution in [0.5, 0.6) is 0 Å². The van der Waals surface area contributed by atoms with Crippen LogP contribution in [0.15, 0.2) is 42.5 Å². The van der Waals surface area contributed by atoms with Gasteiger partial charge >= 0.3 is 0 Å². The zero-order valence-electron chi connectivity index (χ0n) is 15.8. The van der Waals surface area contributed by atoms with Crippen molar-refractivity contribution in [1.82, 2.24) is 20.6 Å². The summed E-state index contributed by atoms with van der Waals surface area (Å²) in [7, 11) is 0. The highest BCUT2D eigenvalue weighted by Gasteiger charge is 2.16. The van der Waals surface area contributed by atoms with Gasteiger partial charge in [0.05, 0.1) is 11.0 Å². The number of H-pyrrole nitrogens is 1. The molecular formula is C22H25FN4O. The van der Waals surface area contributed by atoms with E-state index in [9.17, 15) is 9.18 Å². The van der Waals surface area contributed by atoms with Gasteiger partial charge in [-0.15, -0.1) is 0 Å². The van der Waals surface area contributed by atoms with Crippen LogP contribution < -0.4 is 10.6 Å². The molecule has 1 aromatic heterocycles. The van der Waals surface area contributed by atoms with Crippen LogP contribution >= 0.6 is 0 Å². The Kier molecular flexibility index (Phi) is 5.67. The number of piperidine rings is 1. The lowest BCUT2D eigenvalue weighted by atomic mass is 9.90. The van der Waals surface area contributed by atoms with Crippen molar-refractivity contribution >= 4 is 16.9 Å². The number of hydrogen-bond donors (Lipinski definition) is 3. The maximum absolute atomic E-state index is 13.3. The molecule has 3 N–H and O–H groups in total. The quantitative estimate of drug-likeness (QED) is 0.573. The number of imidazole rings is 1. The molecule has 0 aliphatic carbocycles. The summed E-state index contributed by atoms with van der Waals surface area (Å²) in [6.45, 7) is 2.63. The van der Waals surface area contributed by atoms with E-state index in [-0.39, 0.29) is 11.7 Å². The molecule has 3 aromatic rings. The fourth-order valence-corrected chi connectivity index (χ4v) is 3.78. The summed E-state index contributed by atoms with van der Waals surface area (Å²) in [6, 6.07) is 12.5. The second kappa shape index (κ2) is 8.52. The molecule has 1 aliphatic rings. The first-order chi connectivity index (χ1) is 13.7. The van der Waals surface area contributed by atoms with Crippen LogP contribution in [0.25, 0.3) is 11.0 Å². The third-order valence-electron chi connectivity index (χ3n) is 5.29. The summed E-state index contributed by atoms with van der Waals surface area (Å²) in [5.74, 6) is 0.972.